The molecule has 0 aliphatic carbocycles. The van der Waals surface area contributed by atoms with Crippen LogP contribution in [0, 0.1) is 0 Å². The standard InChI is InChI=1S/C21H16N2O3S/c1-22-16(20(25)23(2)21(22)27)11-13-6-5-7-14(10-13)19-12-17(24)15-8-3-4-9-18(15)26-19/h3-12H,1-2H3/b16-11-. The molecule has 2 heterocycles. The second-order valence-corrected chi connectivity index (χ2v) is 6.70. The van der Waals surface area contributed by atoms with Crippen molar-refractivity contribution in [1.82, 2.24) is 9.80 Å². The Morgan fingerprint density at radius 3 is 2.48 bits per heavy atom. The molecular weight excluding hydrogens is 360 g/mol. The van der Waals surface area contributed by atoms with Gasteiger partial charge < -0.3 is 9.32 Å². The molecule has 1 amide bonds. The van der Waals surface area contributed by atoms with E-state index in [2.05, 4.69) is 0 Å². The number of benzene rings is 2. The van der Waals surface area contributed by atoms with Gasteiger partial charge in [0.1, 0.15) is 17.0 Å². The van der Waals surface area contributed by atoms with Gasteiger partial charge in [0.15, 0.2) is 10.5 Å². The van der Waals surface area contributed by atoms with E-state index in [1.165, 1.54) is 11.0 Å². The summed E-state index contributed by atoms with van der Waals surface area (Å²) in [4.78, 5) is 27.8. The SMILES string of the molecule is CN1C(=O)/C(=C/c2cccc(-c3cc(=O)c4ccccc4o3)c2)N(C)C1=S. The van der Waals surface area contributed by atoms with Crippen molar-refractivity contribution >= 4 is 40.3 Å². The monoisotopic (exact) mass is 376 g/mol. The average Bonchev–Trinajstić information content (AvgIpc) is 2.86. The van der Waals surface area contributed by atoms with Crippen LogP contribution in [0.15, 0.2) is 69.5 Å². The highest BCUT2D eigenvalue weighted by Gasteiger charge is 2.32. The smallest absolute Gasteiger partial charge is 0.276 e. The number of hydrogen-bond donors (Lipinski definition) is 0. The molecule has 2 aromatic carbocycles. The second-order valence-electron chi connectivity index (χ2n) is 6.33. The van der Waals surface area contributed by atoms with Crippen molar-refractivity contribution in [3.8, 4) is 11.3 Å². The van der Waals surface area contributed by atoms with Crippen LogP contribution < -0.4 is 5.43 Å². The number of para-hydroxylation sites is 1. The summed E-state index contributed by atoms with van der Waals surface area (Å²) >= 11 is 5.24. The van der Waals surface area contributed by atoms with Gasteiger partial charge in [-0.15, -0.1) is 0 Å². The summed E-state index contributed by atoms with van der Waals surface area (Å²) in [5, 5.41) is 1.01. The van der Waals surface area contributed by atoms with E-state index in [1.807, 2.05) is 36.4 Å². The number of carbonyl (C=O) groups excluding carboxylic acids is 1. The summed E-state index contributed by atoms with van der Waals surface area (Å²) in [7, 11) is 3.42. The Hall–Kier alpha value is -3.25. The fourth-order valence-corrected chi connectivity index (χ4v) is 3.26. The Labute approximate surface area is 161 Å². The fourth-order valence-electron chi connectivity index (χ4n) is 3.07. The van der Waals surface area contributed by atoms with Crippen molar-refractivity contribution in [2.75, 3.05) is 14.1 Å². The highest BCUT2D eigenvalue weighted by atomic mass is 32.1. The van der Waals surface area contributed by atoms with Crippen LogP contribution in [0.4, 0.5) is 0 Å². The first-order chi connectivity index (χ1) is 13.0. The van der Waals surface area contributed by atoms with Crippen LogP contribution in [0.2, 0.25) is 0 Å². The zero-order valence-corrected chi connectivity index (χ0v) is 15.6. The average molecular weight is 376 g/mol. The van der Waals surface area contributed by atoms with E-state index >= 15 is 0 Å². The molecule has 134 valence electrons. The molecule has 27 heavy (non-hydrogen) atoms. The van der Waals surface area contributed by atoms with Crippen molar-refractivity contribution < 1.29 is 9.21 Å². The number of thiocarbonyl (C=S) groups is 1. The lowest BCUT2D eigenvalue weighted by atomic mass is 10.1. The quantitative estimate of drug-likeness (QED) is 0.506. The maximum atomic E-state index is 12.4. The van der Waals surface area contributed by atoms with Gasteiger partial charge in [0.2, 0.25) is 0 Å². The molecule has 1 fully saturated rings. The number of likely N-dealkylation sites (N-methyl/N-ethyl adjacent to an activating group) is 2. The number of carbonyl (C=O) groups is 1. The summed E-state index contributed by atoms with van der Waals surface area (Å²) in [6.45, 7) is 0. The van der Waals surface area contributed by atoms with Crippen LogP contribution in [0.25, 0.3) is 28.4 Å². The van der Waals surface area contributed by atoms with Crippen LogP contribution in [0.1, 0.15) is 5.56 Å². The number of hydrogen-bond acceptors (Lipinski definition) is 4. The summed E-state index contributed by atoms with van der Waals surface area (Å²) in [5.41, 5.74) is 2.53. The van der Waals surface area contributed by atoms with Gasteiger partial charge in [0.05, 0.1) is 5.39 Å². The topological polar surface area (TPSA) is 53.8 Å². The predicted molar refractivity (Wildman–Crippen MR) is 109 cm³/mol. The summed E-state index contributed by atoms with van der Waals surface area (Å²) in [6, 6.07) is 16.1. The largest absolute Gasteiger partial charge is 0.456 e. The Kier molecular flexibility index (Phi) is 4.12. The number of rotatable bonds is 2. The highest BCUT2D eigenvalue weighted by molar-refractivity contribution is 7.80. The minimum atomic E-state index is -0.148. The normalized spacial score (nSPS) is 16.0. The number of amides is 1. The minimum absolute atomic E-state index is 0.0896. The molecule has 3 aromatic rings. The van der Waals surface area contributed by atoms with Crippen LogP contribution >= 0.6 is 12.2 Å². The van der Waals surface area contributed by atoms with Crippen LogP contribution in [-0.2, 0) is 4.79 Å². The molecule has 0 atom stereocenters. The van der Waals surface area contributed by atoms with Crippen molar-refractivity contribution in [2.24, 2.45) is 0 Å². The van der Waals surface area contributed by atoms with E-state index in [4.69, 9.17) is 16.6 Å². The van der Waals surface area contributed by atoms with E-state index in [-0.39, 0.29) is 11.3 Å². The molecule has 0 N–H and O–H groups in total. The molecule has 0 radical (unpaired) electrons. The first-order valence-corrected chi connectivity index (χ1v) is 8.77. The Morgan fingerprint density at radius 1 is 0.963 bits per heavy atom. The molecule has 1 aliphatic rings. The van der Waals surface area contributed by atoms with Gasteiger partial charge in [-0.05, 0) is 42.1 Å². The third kappa shape index (κ3) is 2.94. The van der Waals surface area contributed by atoms with Crippen molar-refractivity contribution in [3.05, 3.63) is 76.1 Å². The van der Waals surface area contributed by atoms with Crippen LogP contribution in [0.5, 0.6) is 0 Å². The lowest BCUT2D eigenvalue weighted by molar-refractivity contribution is -0.121. The number of nitrogens with zero attached hydrogens (tertiary/aromatic N) is 2. The van der Waals surface area contributed by atoms with Crippen molar-refractivity contribution in [2.45, 2.75) is 0 Å². The lowest BCUT2D eigenvalue weighted by Crippen LogP contribution is -2.26. The Bertz CT molecular complexity index is 1180. The van der Waals surface area contributed by atoms with E-state index in [1.54, 1.807) is 37.2 Å². The van der Waals surface area contributed by atoms with Crippen LogP contribution in [0.3, 0.4) is 0 Å². The molecule has 1 aromatic heterocycles. The molecule has 1 saturated heterocycles. The third-order valence-corrected chi connectivity index (χ3v) is 5.12. The third-order valence-electron chi connectivity index (χ3n) is 4.57. The summed E-state index contributed by atoms with van der Waals surface area (Å²) in [5.74, 6) is 0.336. The maximum Gasteiger partial charge on any atom is 0.276 e. The maximum absolute atomic E-state index is 12.4. The molecule has 6 heteroatoms. The van der Waals surface area contributed by atoms with E-state index in [0.717, 1.165) is 11.1 Å². The van der Waals surface area contributed by atoms with Crippen molar-refractivity contribution in [3.63, 3.8) is 0 Å². The zero-order valence-electron chi connectivity index (χ0n) is 14.8. The summed E-state index contributed by atoms with van der Waals surface area (Å²) < 4.78 is 5.90. The number of fused-ring (bicyclic) bond motifs is 1. The van der Waals surface area contributed by atoms with Crippen molar-refractivity contribution in [1.29, 1.82) is 0 Å². The first-order valence-electron chi connectivity index (χ1n) is 8.36. The molecule has 5 nitrogen and oxygen atoms in total. The van der Waals surface area contributed by atoms with Gasteiger partial charge in [-0.25, -0.2) is 0 Å². The highest BCUT2D eigenvalue weighted by Crippen LogP contribution is 2.25. The molecule has 0 spiro atoms. The first kappa shape index (κ1) is 17.2. The second kappa shape index (κ2) is 6.48. The van der Waals surface area contributed by atoms with Gasteiger partial charge >= 0.3 is 0 Å². The van der Waals surface area contributed by atoms with Gasteiger partial charge in [0, 0.05) is 25.7 Å². The lowest BCUT2D eigenvalue weighted by Gasteiger charge is -2.11. The Morgan fingerprint density at radius 2 is 1.74 bits per heavy atom. The summed E-state index contributed by atoms with van der Waals surface area (Å²) in [6.07, 6.45) is 1.78. The van der Waals surface area contributed by atoms with E-state index < -0.39 is 0 Å². The molecular formula is C21H16N2O3S. The predicted octanol–water partition coefficient (Wildman–Crippen LogP) is 3.49. The van der Waals surface area contributed by atoms with Gasteiger partial charge in [-0.2, -0.15) is 0 Å². The van der Waals surface area contributed by atoms with Crippen LogP contribution in [-0.4, -0.2) is 34.9 Å². The Balaban J connectivity index is 1.78. The van der Waals surface area contributed by atoms with Gasteiger partial charge in [0.25, 0.3) is 5.91 Å². The van der Waals surface area contributed by atoms with Gasteiger partial charge in [-0.3, -0.25) is 14.5 Å². The molecule has 1 aliphatic heterocycles. The minimum Gasteiger partial charge on any atom is -0.456 e. The molecule has 0 bridgehead atoms. The van der Waals surface area contributed by atoms with E-state index in [0.29, 0.717) is 27.5 Å². The fraction of sp³-hybridized carbons (Fsp3) is 0.0952. The van der Waals surface area contributed by atoms with E-state index in [9.17, 15) is 9.59 Å². The van der Waals surface area contributed by atoms with Gasteiger partial charge in [-0.1, -0.05) is 30.3 Å². The molecule has 4 rings (SSSR count). The molecule has 0 unspecified atom stereocenters. The molecule has 0 saturated carbocycles. The zero-order chi connectivity index (χ0) is 19.1.